The van der Waals surface area contributed by atoms with Crippen LogP contribution in [-0.2, 0) is 14.3 Å². The second-order valence-electron chi connectivity index (χ2n) is 5.51. The van der Waals surface area contributed by atoms with Crippen molar-refractivity contribution in [2.75, 3.05) is 25.5 Å². The molecule has 0 aliphatic rings. The molecule has 0 unspecified atom stereocenters. The van der Waals surface area contributed by atoms with Gasteiger partial charge in [-0.25, -0.2) is 4.79 Å². The lowest BCUT2D eigenvalue weighted by molar-refractivity contribution is -0.136. The number of para-hydroxylation sites is 1. The van der Waals surface area contributed by atoms with Gasteiger partial charge in [-0.05, 0) is 30.3 Å². The third-order valence-electron chi connectivity index (χ3n) is 3.38. The van der Waals surface area contributed by atoms with Gasteiger partial charge in [0.2, 0.25) is 5.91 Å². The van der Waals surface area contributed by atoms with Crippen LogP contribution in [0.5, 0.6) is 0 Å². The number of nitrogens with zero attached hydrogens (tertiary/aromatic N) is 1. The fraction of sp³-hybridized carbons (Fsp3) is 0.167. The third kappa shape index (κ3) is 6.43. The van der Waals surface area contributed by atoms with E-state index < -0.39 is 24.4 Å². The minimum Gasteiger partial charge on any atom is -0.452 e. The zero-order valence-corrected chi connectivity index (χ0v) is 16.4. The average molecular weight is 430 g/mol. The molecule has 0 aromatic heterocycles. The molecule has 0 atom stereocenters. The maximum atomic E-state index is 12.1. The van der Waals surface area contributed by atoms with E-state index in [1.165, 1.54) is 25.2 Å². The summed E-state index contributed by atoms with van der Waals surface area (Å²) in [4.78, 5) is 37.2. The summed E-state index contributed by atoms with van der Waals surface area (Å²) in [5.74, 6) is -1.74. The normalized spacial score (nSPS) is 10.2. The number of amides is 2. The van der Waals surface area contributed by atoms with E-state index in [9.17, 15) is 14.4 Å². The third-order valence-corrected chi connectivity index (χ3v) is 4.15. The lowest BCUT2D eigenvalue weighted by Gasteiger charge is -2.17. The molecule has 0 radical (unpaired) electrons. The first kappa shape index (κ1) is 21.0. The van der Waals surface area contributed by atoms with Crippen LogP contribution in [0.2, 0.25) is 15.1 Å². The molecule has 2 amide bonds. The van der Waals surface area contributed by atoms with Gasteiger partial charge >= 0.3 is 5.97 Å². The van der Waals surface area contributed by atoms with E-state index in [4.69, 9.17) is 39.5 Å². The molecule has 0 saturated heterocycles. The summed E-state index contributed by atoms with van der Waals surface area (Å²) in [7, 11) is 1.42. The second-order valence-corrected chi connectivity index (χ2v) is 6.79. The lowest BCUT2D eigenvalue weighted by Crippen LogP contribution is -2.37. The summed E-state index contributed by atoms with van der Waals surface area (Å²) in [6, 6.07) is 10.9. The van der Waals surface area contributed by atoms with Crippen LogP contribution in [0.25, 0.3) is 0 Å². The van der Waals surface area contributed by atoms with Crippen molar-refractivity contribution in [1.82, 2.24) is 4.90 Å². The highest BCUT2D eigenvalue weighted by atomic mass is 35.5. The number of benzene rings is 2. The molecule has 0 heterocycles. The number of carbonyl (C=O) groups is 3. The Morgan fingerprint density at radius 3 is 2.30 bits per heavy atom. The smallest absolute Gasteiger partial charge is 0.338 e. The van der Waals surface area contributed by atoms with Gasteiger partial charge in [0.05, 0.1) is 22.8 Å². The number of carbonyl (C=O) groups excluding carboxylic acids is 3. The first-order valence-corrected chi connectivity index (χ1v) is 8.81. The molecule has 2 aromatic rings. The fourth-order valence-electron chi connectivity index (χ4n) is 2.05. The summed E-state index contributed by atoms with van der Waals surface area (Å²) < 4.78 is 4.94. The van der Waals surface area contributed by atoms with E-state index in [1.54, 1.807) is 24.3 Å². The Morgan fingerprint density at radius 1 is 1.04 bits per heavy atom. The Labute approximate surface area is 170 Å². The van der Waals surface area contributed by atoms with Gasteiger partial charge in [0.1, 0.15) is 0 Å². The van der Waals surface area contributed by atoms with Crippen LogP contribution in [0, 0.1) is 0 Å². The quantitative estimate of drug-likeness (QED) is 0.707. The zero-order chi connectivity index (χ0) is 20.0. The van der Waals surface area contributed by atoms with E-state index in [2.05, 4.69) is 5.32 Å². The zero-order valence-electron chi connectivity index (χ0n) is 14.2. The molecule has 9 heteroatoms. The van der Waals surface area contributed by atoms with Crippen molar-refractivity contribution in [3.63, 3.8) is 0 Å². The number of anilines is 1. The Morgan fingerprint density at radius 2 is 1.67 bits per heavy atom. The number of hydrogen-bond donors (Lipinski definition) is 1. The number of nitrogens with one attached hydrogen (secondary N) is 1. The van der Waals surface area contributed by atoms with Crippen molar-refractivity contribution in [2.24, 2.45) is 0 Å². The molecule has 0 aliphatic heterocycles. The summed E-state index contributed by atoms with van der Waals surface area (Å²) in [6.45, 7) is -0.760. The minimum atomic E-state index is -0.748. The average Bonchev–Trinajstić information content (AvgIpc) is 2.60. The van der Waals surface area contributed by atoms with Crippen LogP contribution >= 0.6 is 34.8 Å². The molecule has 27 heavy (non-hydrogen) atoms. The summed E-state index contributed by atoms with van der Waals surface area (Å²) in [6.07, 6.45) is 0. The van der Waals surface area contributed by atoms with E-state index in [-0.39, 0.29) is 22.2 Å². The van der Waals surface area contributed by atoms with Gasteiger partial charge in [-0.3, -0.25) is 9.59 Å². The molecule has 0 bridgehead atoms. The van der Waals surface area contributed by atoms with Gasteiger partial charge in [-0.15, -0.1) is 0 Å². The SMILES string of the molecule is CN(CC(=O)Nc1ccccc1Cl)C(=O)COC(=O)c1cc(Cl)cc(Cl)c1. The van der Waals surface area contributed by atoms with Crippen LogP contribution in [0.1, 0.15) is 10.4 Å². The largest absolute Gasteiger partial charge is 0.452 e. The van der Waals surface area contributed by atoms with Crippen LogP contribution in [0.3, 0.4) is 0 Å². The maximum absolute atomic E-state index is 12.1. The number of halogens is 3. The molecule has 0 saturated carbocycles. The van der Waals surface area contributed by atoms with Gasteiger partial charge in [0.15, 0.2) is 6.61 Å². The highest BCUT2D eigenvalue weighted by molar-refractivity contribution is 6.35. The van der Waals surface area contributed by atoms with E-state index in [0.29, 0.717) is 10.7 Å². The molecule has 1 N–H and O–H groups in total. The Bertz CT molecular complexity index is 853. The van der Waals surface area contributed by atoms with Crippen molar-refractivity contribution in [1.29, 1.82) is 0 Å². The standard InChI is InChI=1S/C18H15Cl3N2O4/c1-23(9-16(24)22-15-5-3-2-4-14(15)21)17(25)10-27-18(26)11-6-12(19)8-13(20)7-11/h2-8H,9-10H2,1H3,(H,22,24). The highest BCUT2D eigenvalue weighted by Crippen LogP contribution is 2.21. The number of likely N-dealkylation sites (N-methyl/N-ethyl adjacent to an activating group) is 1. The van der Waals surface area contributed by atoms with Crippen LogP contribution in [0.4, 0.5) is 5.69 Å². The Kier molecular flexibility index (Phi) is 7.47. The van der Waals surface area contributed by atoms with E-state index >= 15 is 0 Å². The molecular weight excluding hydrogens is 415 g/mol. The first-order valence-electron chi connectivity index (χ1n) is 7.68. The molecule has 6 nitrogen and oxygen atoms in total. The Hall–Kier alpha value is -2.28. The van der Waals surface area contributed by atoms with Gasteiger partial charge in [0.25, 0.3) is 5.91 Å². The van der Waals surface area contributed by atoms with Crippen LogP contribution in [-0.4, -0.2) is 42.9 Å². The van der Waals surface area contributed by atoms with E-state index in [1.807, 2.05) is 0 Å². The molecule has 0 fully saturated rings. The van der Waals surface area contributed by atoms with E-state index in [0.717, 1.165) is 4.90 Å². The van der Waals surface area contributed by atoms with Gasteiger partial charge in [-0.2, -0.15) is 0 Å². The molecular formula is C18H15Cl3N2O4. The summed E-state index contributed by atoms with van der Waals surface area (Å²) >= 11 is 17.6. The van der Waals surface area contributed by atoms with Crippen LogP contribution in [0.15, 0.2) is 42.5 Å². The molecule has 2 aromatic carbocycles. The summed E-state index contributed by atoms with van der Waals surface area (Å²) in [5.41, 5.74) is 0.564. The molecule has 0 aliphatic carbocycles. The van der Waals surface area contributed by atoms with Gasteiger partial charge in [0, 0.05) is 17.1 Å². The van der Waals surface area contributed by atoms with Crippen molar-refractivity contribution >= 4 is 58.3 Å². The highest BCUT2D eigenvalue weighted by Gasteiger charge is 2.17. The van der Waals surface area contributed by atoms with Crippen molar-refractivity contribution in [2.45, 2.75) is 0 Å². The van der Waals surface area contributed by atoms with Crippen molar-refractivity contribution in [3.05, 3.63) is 63.1 Å². The summed E-state index contributed by atoms with van der Waals surface area (Å²) in [5, 5.41) is 3.53. The lowest BCUT2D eigenvalue weighted by atomic mass is 10.2. The number of ether oxygens (including phenoxy) is 1. The first-order chi connectivity index (χ1) is 12.8. The monoisotopic (exact) mass is 428 g/mol. The Balaban J connectivity index is 1.85. The van der Waals surface area contributed by atoms with Crippen LogP contribution < -0.4 is 5.32 Å². The second kappa shape index (κ2) is 9.60. The van der Waals surface area contributed by atoms with Crippen molar-refractivity contribution < 1.29 is 19.1 Å². The molecule has 142 valence electrons. The van der Waals surface area contributed by atoms with Gasteiger partial charge in [-0.1, -0.05) is 46.9 Å². The van der Waals surface area contributed by atoms with Gasteiger partial charge < -0.3 is 15.0 Å². The fourth-order valence-corrected chi connectivity index (χ4v) is 2.76. The molecule has 0 spiro atoms. The maximum Gasteiger partial charge on any atom is 0.338 e. The number of hydrogen-bond acceptors (Lipinski definition) is 4. The number of esters is 1. The number of rotatable bonds is 6. The predicted molar refractivity (Wildman–Crippen MR) is 104 cm³/mol. The molecule has 2 rings (SSSR count). The minimum absolute atomic E-state index is 0.124. The predicted octanol–water partition coefficient (Wildman–Crippen LogP) is 3.90. The topological polar surface area (TPSA) is 75.7 Å². The van der Waals surface area contributed by atoms with Crippen molar-refractivity contribution in [3.8, 4) is 0 Å².